The monoisotopic (exact) mass is 444 g/mol. The van der Waals surface area contributed by atoms with Crippen molar-refractivity contribution >= 4 is 33.2 Å². The molecule has 0 aliphatic heterocycles. The van der Waals surface area contributed by atoms with Gasteiger partial charge >= 0.3 is 0 Å². The second kappa shape index (κ2) is 9.65. The normalized spacial score (nSPS) is 11.0. The summed E-state index contributed by atoms with van der Waals surface area (Å²) in [6.07, 6.45) is 0. The van der Waals surface area contributed by atoms with Crippen LogP contribution in [0.4, 0.5) is 5.69 Å². The zero-order valence-corrected chi connectivity index (χ0v) is 17.8. The smallest absolute Gasteiger partial charge is 0.261 e. The molecule has 0 heterocycles. The highest BCUT2D eigenvalue weighted by molar-refractivity contribution is 7.92. The van der Waals surface area contributed by atoms with Crippen LogP contribution in [0.25, 0.3) is 0 Å². The van der Waals surface area contributed by atoms with Gasteiger partial charge in [0.15, 0.2) is 0 Å². The van der Waals surface area contributed by atoms with E-state index in [2.05, 4.69) is 10.0 Å². The lowest BCUT2D eigenvalue weighted by Crippen LogP contribution is -2.28. The summed E-state index contributed by atoms with van der Waals surface area (Å²) in [5, 5.41) is 3.04. The topological polar surface area (TPSA) is 84.5 Å². The average molecular weight is 445 g/mol. The van der Waals surface area contributed by atoms with Crippen LogP contribution < -0.4 is 14.8 Å². The molecule has 0 saturated heterocycles. The highest BCUT2D eigenvalue weighted by Gasteiger charge is 2.16. The Balaban J connectivity index is 1.54. The van der Waals surface area contributed by atoms with Gasteiger partial charge in [0.25, 0.3) is 15.9 Å². The molecule has 0 radical (unpaired) electrons. The van der Waals surface area contributed by atoms with Gasteiger partial charge in [0.1, 0.15) is 12.4 Å². The highest BCUT2D eigenvalue weighted by Crippen LogP contribution is 2.24. The number of hydrogen-bond acceptors (Lipinski definition) is 4. The Hall–Kier alpha value is -3.03. The Morgan fingerprint density at radius 2 is 1.63 bits per heavy atom. The van der Waals surface area contributed by atoms with Crippen molar-refractivity contribution in [1.29, 1.82) is 0 Å². The van der Waals surface area contributed by atoms with Gasteiger partial charge in [-0.15, -0.1) is 0 Å². The number of anilines is 1. The molecule has 156 valence electrons. The Bertz CT molecular complexity index is 1110. The SMILES string of the molecule is Cc1ccc(OCCNC(=O)c2ccc(S(=O)(=O)Nc3ccccc3Cl)cc2)cc1. The van der Waals surface area contributed by atoms with Crippen molar-refractivity contribution in [3.63, 3.8) is 0 Å². The lowest BCUT2D eigenvalue weighted by atomic mass is 10.2. The number of ether oxygens (including phenoxy) is 1. The van der Waals surface area contributed by atoms with Gasteiger partial charge in [0, 0.05) is 5.56 Å². The number of nitrogens with one attached hydrogen (secondary N) is 2. The van der Waals surface area contributed by atoms with Crippen molar-refractivity contribution in [1.82, 2.24) is 5.32 Å². The van der Waals surface area contributed by atoms with Crippen LogP contribution in [0.15, 0.2) is 77.7 Å². The first-order valence-electron chi connectivity index (χ1n) is 9.20. The van der Waals surface area contributed by atoms with Crippen LogP contribution in [0, 0.1) is 6.92 Å². The number of sulfonamides is 1. The van der Waals surface area contributed by atoms with Gasteiger partial charge in [-0.2, -0.15) is 0 Å². The van der Waals surface area contributed by atoms with Crippen molar-refractivity contribution in [3.05, 3.63) is 88.9 Å². The summed E-state index contributed by atoms with van der Waals surface area (Å²) < 4.78 is 33.0. The minimum atomic E-state index is -3.82. The summed E-state index contributed by atoms with van der Waals surface area (Å²) in [6, 6.07) is 19.8. The van der Waals surface area contributed by atoms with Crippen molar-refractivity contribution < 1.29 is 17.9 Å². The molecule has 6 nitrogen and oxygen atoms in total. The fourth-order valence-corrected chi connectivity index (χ4v) is 3.92. The molecule has 3 aromatic carbocycles. The maximum absolute atomic E-state index is 12.5. The maximum Gasteiger partial charge on any atom is 0.261 e. The van der Waals surface area contributed by atoms with Crippen LogP contribution in [0.5, 0.6) is 5.75 Å². The molecular formula is C22H21ClN2O4S. The van der Waals surface area contributed by atoms with E-state index in [4.69, 9.17) is 16.3 Å². The van der Waals surface area contributed by atoms with Crippen LogP contribution in [-0.2, 0) is 10.0 Å². The fourth-order valence-electron chi connectivity index (χ4n) is 2.60. The largest absolute Gasteiger partial charge is 0.492 e. The van der Waals surface area contributed by atoms with Gasteiger partial charge in [-0.1, -0.05) is 41.4 Å². The number of hydrogen-bond donors (Lipinski definition) is 2. The summed E-state index contributed by atoms with van der Waals surface area (Å²) in [5.74, 6) is 0.418. The molecule has 8 heteroatoms. The molecule has 0 aromatic heterocycles. The van der Waals surface area contributed by atoms with Gasteiger partial charge in [-0.25, -0.2) is 8.42 Å². The minimum absolute atomic E-state index is 0.0293. The van der Waals surface area contributed by atoms with Crippen molar-refractivity contribution in [3.8, 4) is 5.75 Å². The minimum Gasteiger partial charge on any atom is -0.492 e. The number of carbonyl (C=O) groups excluding carboxylic acids is 1. The van der Waals surface area contributed by atoms with Gasteiger partial charge < -0.3 is 10.1 Å². The van der Waals surface area contributed by atoms with E-state index in [-0.39, 0.29) is 16.5 Å². The van der Waals surface area contributed by atoms with Gasteiger partial charge in [-0.3, -0.25) is 9.52 Å². The van der Waals surface area contributed by atoms with E-state index in [1.807, 2.05) is 31.2 Å². The third-order valence-electron chi connectivity index (χ3n) is 4.22. The number of aryl methyl sites for hydroxylation is 1. The molecule has 0 unspecified atom stereocenters. The molecule has 2 N–H and O–H groups in total. The third kappa shape index (κ3) is 5.75. The summed E-state index contributed by atoms with van der Waals surface area (Å²) in [5.41, 5.74) is 1.78. The predicted molar refractivity (Wildman–Crippen MR) is 118 cm³/mol. The molecule has 0 spiro atoms. The molecule has 3 rings (SSSR count). The first kappa shape index (κ1) is 21.7. The lowest BCUT2D eigenvalue weighted by molar-refractivity contribution is 0.0947. The first-order valence-corrected chi connectivity index (χ1v) is 11.1. The molecule has 3 aromatic rings. The summed E-state index contributed by atoms with van der Waals surface area (Å²) in [4.78, 5) is 12.3. The molecular weight excluding hydrogens is 424 g/mol. The highest BCUT2D eigenvalue weighted by atomic mass is 35.5. The maximum atomic E-state index is 12.5. The van der Waals surface area contributed by atoms with Gasteiger partial charge in [0.05, 0.1) is 22.2 Å². The summed E-state index contributed by atoms with van der Waals surface area (Å²) in [6.45, 7) is 2.64. The van der Waals surface area contributed by atoms with E-state index in [0.717, 1.165) is 11.3 Å². The molecule has 0 aliphatic rings. The number of benzene rings is 3. The molecule has 1 amide bonds. The number of rotatable bonds is 8. The van der Waals surface area contributed by atoms with Crippen LogP contribution >= 0.6 is 11.6 Å². The first-order chi connectivity index (χ1) is 14.3. The second-order valence-electron chi connectivity index (χ2n) is 6.53. The molecule has 0 atom stereocenters. The molecule has 0 bridgehead atoms. The third-order valence-corrected chi connectivity index (χ3v) is 5.93. The van der Waals surface area contributed by atoms with Crippen molar-refractivity contribution in [2.75, 3.05) is 17.9 Å². The molecule has 0 fully saturated rings. The van der Waals surface area contributed by atoms with Crippen molar-refractivity contribution in [2.24, 2.45) is 0 Å². The van der Waals surface area contributed by atoms with Crippen molar-refractivity contribution in [2.45, 2.75) is 11.8 Å². The number of amides is 1. The predicted octanol–water partition coefficient (Wildman–Crippen LogP) is 4.26. The summed E-state index contributed by atoms with van der Waals surface area (Å²) >= 11 is 6.00. The Kier molecular flexibility index (Phi) is 6.97. The van der Waals surface area contributed by atoms with Crippen LogP contribution in [-0.4, -0.2) is 27.5 Å². The zero-order chi connectivity index (χ0) is 21.6. The van der Waals surface area contributed by atoms with Gasteiger partial charge in [-0.05, 0) is 55.5 Å². The Morgan fingerprint density at radius 3 is 2.30 bits per heavy atom. The fraction of sp³-hybridized carbons (Fsp3) is 0.136. The number of para-hydroxylation sites is 1. The van der Waals surface area contributed by atoms with E-state index in [0.29, 0.717) is 23.7 Å². The summed E-state index contributed by atoms with van der Waals surface area (Å²) in [7, 11) is -3.82. The quantitative estimate of drug-likeness (QED) is 0.508. The van der Waals surface area contributed by atoms with Crippen LogP contribution in [0.2, 0.25) is 5.02 Å². The van der Waals surface area contributed by atoms with Crippen LogP contribution in [0.1, 0.15) is 15.9 Å². The zero-order valence-electron chi connectivity index (χ0n) is 16.3. The standard InChI is InChI=1S/C22H21ClN2O4S/c1-16-6-10-18(11-7-16)29-15-14-24-22(26)17-8-12-19(13-9-17)30(27,28)25-21-5-3-2-4-20(21)23/h2-13,25H,14-15H2,1H3,(H,24,26). The second-order valence-corrected chi connectivity index (χ2v) is 8.62. The van der Waals surface area contributed by atoms with E-state index in [9.17, 15) is 13.2 Å². The number of halogens is 1. The van der Waals surface area contributed by atoms with E-state index in [1.165, 1.54) is 24.3 Å². The number of carbonyl (C=O) groups is 1. The Labute approximate surface area is 180 Å². The van der Waals surface area contributed by atoms with E-state index in [1.54, 1.807) is 24.3 Å². The van der Waals surface area contributed by atoms with Gasteiger partial charge in [0.2, 0.25) is 0 Å². The van der Waals surface area contributed by atoms with Crippen LogP contribution in [0.3, 0.4) is 0 Å². The van der Waals surface area contributed by atoms with E-state index >= 15 is 0 Å². The lowest BCUT2D eigenvalue weighted by Gasteiger charge is -2.10. The average Bonchev–Trinajstić information content (AvgIpc) is 2.74. The molecule has 0 saturated carbocycles. The molecule has 0 aliphatic carbocycles. The van der Waals surface area contributed by atoms with E-state index < -0.39 is 10.0 Å². The Morgan fingerprint density at radius 1 is 0.967 bits per heavy atom. The molecule has 30 heavy (non-hydrogen) atoms.